The number of nitrogens with zero attached hydrogens (tertiary/aromatic N) is 2. The van der Waals surface area contributed by atoms with Crippen LogP contribution in [0.25, 0.3) is 0 Å². The maximum Gasteiger partial charge on any atom is 0.317 e. The topological polar surface area (TPSA) is 45.2 Å². The standard InChI is InChI=1S/C20H23ClFN3O/c21-18-8-5-9-19(22)17(18)14-24-20(26)25-13-4-2-7-16(25)11-10-15-6-1-3-12-23-15/h1,3,5-6,8-9,12,16H,2,4,7,10-11,13-14H2,(H,24,26)/t16-/m0/s1. The second-order valence-electron chi connectivity index (χ2n) is 6.56. The molecular weight excluding hydrogens is 353 g/mol. The van der Waals surface area contributed by atoms with Crippen LogP contribution in [-0.4, -0.2) is 28.5 Å². The maximum atomic E-state index is 13.9. The van der Waals surface area contributed by atoms with Crippen LogP contribution in [0.1, 0.15) is 36.9 Å². The zero-order valence-corrected chi connectivity index (χ0v) is 15.4. The zero-order valence-electron chi connectivity index (χ0n) is 14.6. The molecule has 138 valence electrons. The van der Waals surface area contributed by atoms with Crippen LogP contribution in [0.15, 0.2) is 42.6 Å². The van der Waals surface area contributed by atoms with Gasteiger partial charge in [-0.05, 0) is 56.4 Å². The first kappa shape index (κ1) is 18.6. The van der Waals surface area contributed by atoms with Crippen molar-refractivity contribution in [2.45, 2.75) is 44.7 Å². The number of likely N-dealkylation sites (tertiary alicyclic amines) is 1. The number of carbonyl (C=O) groups excluding carboxylic acids is 1. The van der Waals surface area contributed by atoms with Crippen molar-refractivity contribution in [1.82, 2.24) is 15.2 Å². The smallest absolute Gasteiger partial charge is 0.317 e. The molecule has 0 radical (unpaired) electrons. The number of piperidine rings is 1. The molecule has 2 amide bonds. The number of nitrogens with one attached hydrogen (secondary N) is 1. The van der Waals surface area contributed by atoms with E-state index in [0.717, 1.165) is 44.3 Å². The van der Waals surface area contributed by atoms with Gasteiger partial charge >= 0.3 is 6.03 Å². The Hall–Kier alpha value is -2.14. The van der Waals surface area contributed by atoms with Gasteiger partial charge in [-0.2, -0.15) is 0 Å². The van der Waals surface area contributed by atoms with Gasteiger partial charge < -0.3 is 10.2 Å². The molecule has 2 heterocycles. The molecule has 0 unspecified atom stereocenters. The summed E-state index contributed by atoms with van der Waals surface area (Å²) in [6, 6.07) is 10.4. The quantitative estimate of drug-likeness (QED) is 0.831. The fraction of sp³-hybridized carbons (Fsp3) is 0.400. The molecule has 1 saturated heterocycles. The van der Waals surface area contributed by atoms with E-state index in [1.54, 1.807) is 18.3 Å². The first-order valence-corrected chi connectivity index (χ1v) is 9.40. The number of hydrogen-bond donors (Lipinski definition) is 1. The Bertz CT molecular complexity index is 721. The van der Waals surface area contributed by atoms with Crippen molar-refractivity contribution >= 4 is 17.6 Å². The highest BCUT2D eigenvalue weighted by atomic mass is 35.5. The molecule has 3 rings (SSSR count). The van der Waals surface area contributed by atoms with E-state index >= 15 is 0 Å². The van der Waals surface area contributed by atoms with Crippen molar-refractivity contribution in [3.63, 3.8) is 0 Å². The lowest BCUT2D eigenvalue weighted by Gasteiger charge is -2.36. The Labute approximate surface area is 158 Å². The molecule has 1 aromatic heterocycles. The number of carbonyl (C=O) groups is 1. The van der Waals surface area contributed by atoms with E-state index in [0.29, 0.717) is 10.6 Å². The van der Waals surface area contributed by atoms with Crippen LogP contribution in [0, 0.1) is 5.82 Å². The van der Waals surface area contributed by atoms with Crippen LogP contribution < -0.4 is 5.32 Å². The summed E-state index contributed by atoms with van der Waals surface area (Å²) in [7, 11) is 0. The molecule has 4 nitrogen and oxygen atoms in total. The fourth-order valence-corrected chi connectivity index (χ4v) is 3.63. The van der Waals surface area contributed by atoms with E-state index in [4.69, 9.17) is 11.6 Å². The Kier molecular flexibility index (Phi) is 6.45. The van der Waals surface area contributed by atoms with Gasteiger partial charge in [-0.3, -0.25) is 4.98 Å². The molecular formula is C20H23ClFN3O. The Morgan fingerprint density at radius 2 is 2.15 bits per heavy atom. The maximum absolute atomic E-state index is 13.9. The van der Waals surface area contributed by atoms with Crippen LogP contribution in [-0.2, 0) is 13.0 Å². The molecule has 1 fully saturated rings. The number of urea groups is 1. The minimum atomic E-state index is -0.400. The number of hydrogen-bond acceptors (Lipinski definition) is 2. The van der Waals surface area contributed by atoms with Crippen molar-refractivity contribution < 1.29 is 9.18 Å². The predicted octanol–water partition coefficient (Wildman–Crippen LogP) is 4.57. The minimum absolute atomic E-state index is 0.0911. The number of rotatable bonds is 5. The molecule has 1 N–H and O–H groups in total. The highest BCUT2D eigenvalue weighted by Gasteiger charge is 2.26. The third-order valence-electron chi connectivity index (χ3n) is 4.83. The molecule has 0 aliphatic carbocycles. The van der Waals surface area contributed by atoms with Crippen LogP contribution in [0.4, 0.5) is 9.18 Å². The van der Waals surface area contributed by atoms with Crippen molar-refractivity contribution in [1.29, 1.82) is 0 Å². The van der Waals surface area contributed by atoms with Crippen molar-refractivity contribution in [2.75, 3.05) is 6.54 Å². The monoisotopic (exact) mass is 375 g/mol. The van der Waals surface area contributed by atoms with Crippen LogP contribution in [0.5, 0.6) is 0 Å². The molecule has 0 spiro atoms. The molecule has 1 atom stereocenters. The summed E-state index contributed by atoms with van der Waals surface area (Å²) in [6.45, 7) is 0.817. The lowest BCUT2D eigenvalue weighted by Crippen LogP contribution is -2.48. The second kappa shape index (κ2) is 8.99. The molecule has 6 heteroatoms. The molecule has 1 aliphatic rings. The van der Waals surface area contributed by atoms with E-state index in [9.17, 15) is 9.18 Å². The first-order valence-electron chi connectivity index (χ1n) is 9.02. The number of amides is 2. The normalized spacial score (nSPS) is 17.2. The Balaban J connectivity index is 1.59. The van der Waals surface area contributed by atoms with Crippen LogP contribution >= 0.6 is 11.6 Å². The van der Waals surface area contributed by atoms with E-state index < -0.39 is 5.82 Å². The van der Waals surface area contributed by atoms with Crippen molar-refractivity contribution in [3.05, 3.63) is 64.7 Å². The summed E-state index contributed by atoms with van der Waals surface area (Å²) < 4.78 is 13.9. The number of aromatic nitrogens is 1. The summed E-state index contributed by atoms with van der Waals surface area (Å²) in [5.74, 6) is -0.400. The molecule has 0 bridgehead atoms. The second-order valence-corrected chi connectivity index (χ2v) is 6.97. The SMILES string of the molecule is O=C(NCc1c(F)cccc1Cl)N1CCCC[C@H]1CCc1ccccn1. The molecule has 26 heavy (non-hydrogen) atoms. The Morgan fingerprint density at radius 1 is 1.27 bits per heavy atom. The van der Waals surface area contributed by atoms with Crippen LogP contribution in [0.2, 0.25) is 5.02 Å². The third kappa shape index (κ3) is 4.73. The molecule has 1 aromatic carbocycles. The van der Waals surface area contributed by atoms with Gasteiger partial charge in [0.25, 0.3) is 0 Å². The van der Waals surface area contributed by atoms with Crippen molar-refractivity contribution in [3.8, 4) is 0 Å². The third-order valence-corrected chi connectivity index (χ3v) is 5.18. The van der Waals surface area contributed by atoms with Gasteiger partial charge in [0.1, 0.15) is 5.82 Å². The van der Waals surface area contributed by atoms with Gasteiger partial charge in [-0.25, -0.2) is 9.18 Å². The average molecular weight is 376 g/mol. The van der Waals surface area contributed by atoms with Gasteiger partial charge in [-0.15, -0.1) is 0 Å². The average Bonchev–Trinajstić information content (AvgIpc) is 2.67. The van der Waals surface area contributed by atoms with Gasteiger partial charge in [0.2, 0.25) is 0 Å². The van der Waals surface area contributed by atoms with Gasteiger partial charge in [0.05, 0.1) is 0 Å². The highest BCUT2D eigenvalue weighted by Crippen LogP contribution is 2.22. The summed E-state index contributed by atoms with van der Waals surface area (Å²) in [6.07, 6.45) is 6.61. The number of aryl methyl sites for hydroxylation is 1. The predicted molar refractivity (Wildman–Crippen MR) is 101 cm³/mol. The highest BCUT2D eigenvalue weighted by molar-refractivity contribution is 6.31. The van der Waals surface area contributed by atoms with Gasteiger partial charge in [0.15, 0.2) is 0 Å². The van der Waals surface area contributed by atoms with E-state index in [1.165, 1.54) is 6.07 Å². The molecule has 1 aliphatic heterocycles. The summed E-state index contributed by atoms with van der Waals surface area (Å²) >= 11 is 6.03. The summed E-state index contributed by atoms with van der Waals surface area (Å²) in [4.78, 5) is 18.9. The number of benzene rings is 1. The Morgan fingerprint density at radius 3 is 2.92 bits per heavy atom. The lowest BCUT2D eigenvalue weighted by molar-refractivity contribution is 0.146. The fourth-order valence-electron chi connectivity index (χ4n) is 3.40. The summed E-state index contributed by atoms with van der Waals surface area (Å²) in [5.41, 5.74) is 1.36. The van der Waals surface area contributed by atoms with Gasteiger partial charge in [-0.1, -0.05) is 23.7 Å². The first-order chi connectivity index (χ1) is 12.6. The van der Waals surface area contributed by atoms with E-state index in [2.05, 4.69) is 10.3 Å². The summed E-state index contributed by atoms with van der Waals surface area (Å²) in [5, 5.41) is 3.15. The van der Waals surface area contributed by atoms with E-state index in [-0.39, 0.29) is 18.6 Å². The van der Waals surface area contributed by atoms with Crippen molar-refractivity contribution in [2.24, 2.45) is 0 Å². The van der Waals surface area contributed by atoms with Crippen LogP contribution in [0.3, 0.4) is 0 Å². The number of halogens is 2. The number of pyridine rings is 1. The molecule has 0 saturated carbocycles. The minimum Gasteiger partial charge on any atom is -0.334 e. The zero-order chi connectivity index (χ0) is 18.4. The largest absolute Gasteiger partial charge is 0.334 e. The lowest BCUT2D eigenvalue weighted by atomic mass is 9.97. The van der Waals surface area contributed by atoms with Gasteiger partial charge in [0, 0.05) is 41.6 Å². The van der Waals surface area contributed by atoms with E-state index in [1.807, 2.05) is 23.1 Å². The molecule has 2 aromatic rings.